The molecule has 0 spiro atoms. The second-order valence-electron chi connectivity index (χ2n) is 3.67. The number of halogens is 1. The highest BCUT2D eigenvalue weighted by atomic mass is 35.5. The van der Waals surface area contributed by atoms with E-state index in [1.807, 2.05) is 25.1 Å². The van der Waals surface area contributed by atoms with Gasteiger partial charge in [0, 0.05) is 17.9 Å². The SMILES string of the molecule is Cc1nnc(Sc2ccc([C@H](C)N)cc2Cl)o1. The van der Waals surface area contributed by atoms with Gasteiger partial charge in [0.1, 0.15) is 0 Å². The molecule has 0 aliphatic rings. The second-order valence-corrected chi connectivity index (χ2v) is 5.07. The zero-order valence-electron chi connectivity index (χ0n) is 9.48. The smallest absolute Gasteiger partial charge is 0.281 e. The van der Waals surface area contributed by atoms with E-state index in [-0.39, 0.29) is 6.04 Å². The Morgan fingerprint density at radius 3 is 2.71 bits per heavy atom. The first-order valence-electron chi connectivity index (χ1n) is 5.09. The Balaban J connectivity index is 2.22. The number of hydrogen-bond acceptors (Lipinski definition) is 5. The van der Waals surface area contributed by atoms with E-state index in [0.29, 0.717) is 16.1 Å². The topological polar surface area (TPSA) is 64.9 Å². The van der Waals surface area contributed by atoms with Crippen molar-refractivity contribution in [2.45, 2.75) is 30.0 Å². The molecular formula is C11H12ClN3OS. The van der Waals surface area contributed by atoms with E-state index >= 15 is 0 Å². The number of hydrogen-bond donors (Lipinski definition) is 1. The Hall–Kier alpha value is -1.04. The number of nitrogens with zero attached hydrogens (tertiary/aromatic N) is 2. The van der Waals surface area contributed by atoms with Gasteiger partial charge in [-0.1, -0.05) is 17.7 Å². The van der Waals surface area contributed by atoms with Gasteiger partial charge in [0.2, 0.25) is 5.89 Å². The highest BCUT2D eigenvalue weighted by molar-refractivity contribution is 7.99. The van der Waals surface area contributed by atoms with Crippen LogP contribution in [0.3, 0.4) is 0 Å². The number of rotatable bonds is 3. The van der Waals surface area contributed by atoms with Crippen LogP contribution in [0, 0.1) is 6.92 Å². The molecule has 1 aromatic carbocycles. The minimum Gasteiger partial charge on any atom is -0.416 e. The van der Waals surface area contributed by atoms with E-state index in [1.165, 1.54) is 11.8 Å². The average molecular weight is 270 g/mol. The molecule has 0 fully saturated rings. The van der Waals surface area contributed by atoms with Crippen molar-refractivity contribution in [3.8, 4) is 0 Å². The van der Waals surface area contributed by atoms with Gasteiger partial charge in [0.25, 0.3) is 5.22 Å². The van der Waals surface area contributed by atoms with Crippen LogP contribution in [0.5, 0.6) is 0 Å². The van der Waals surface area contributed by atoms with Gasteiger partial charge in [0.15, 0.2) is 0 Å². The molecule has 2 N–H and O–H groups in total. The predicted molar refractivity (Wildman–Crippen MR) is 67.2 cm³/mol. The van der Waals surface area contributed by atoms with Crippen LogP contribution in [0.4, 0.5) is 0 Å². The van der Waals surface area contributed by atoms with Crippen LogP contribution in [-0.4, -0.2) is 10.2 Å². The first kappa shape index (κ1) is 12.4. The van der Waals surface area contributed by atoms with Crippen molar-refractivity contribution in [1.29, 1.82) is 0 Å². The van der Waals surface area contributed by atoms with Gasteiger partial charge < -0.3 is 10.2 Å². The molecule has 0 amide bonds. The monoisotopic (exact) mass is 269 g/mol. The molecule has 1 atom stereocenters. The van der Waals surface area contributed by atoms with Crippen molar-refractivity contribution in [1.82, 2.24) is 10.2 Å². The van der Waals surface area contributed by atoms with Gasteiger partial charge in [-0.15, -0.1) is 10.2 Å². The van der Waals surface area contributed by atoms with Crippen LogP contribution in [0.2, 0.25) is 5.02 Å². The molecule has 0 bridgehead atoms. The molecule has 1 heterocycles. The van der Waals surface area contributed by atoms with Gasteiger partial charge in [-0.05, 0) is 36.4 Å². The lowest BCUT2D eigenvalue weighted by molar-refractivity contribution is 0.429. The first-order valence-corrected chi connectivity index (χ1v) is 6.28. The summed E-state index contributed by atoms with van der Waals surface area (Å²) < 4.78 is 5.28. The summed E-state index contributed by atoms with van der Waals surface area (Å²) in [5, 5.41) is 8.78. The Kier molecular flexibility index (Phi) is 3.71. The summed E-state index contributed by atoms with van der Waals surface area (Å²) in [5.74, 6) is 0.538. The number of nitrogens with two attached hydrogens (primary N) is 1. The van der Waals surface area contributed by atoms with E-state index in [2.05, 4.69) is 10.2 Å². The molecule has 6 heteroatoms. The molecule has 1 aromatic heterocycles. The van der Waals surface area contributed by atoms with Crippen LogP contribution >= 0.6 is 23.4 Å². The summed E-state index contributed by atoms with van der Waals surface area (Å²) in [4.78, 5) is 0.875. The molecule has 90 valence electrons. The van der Waals surface area contributed by atoms with Gasteiger partial charge in [-0.3, -0.25) is 0 Å². The van der Waals surface area contributed by atoms with Crippen LogP contribution < -0.4 is 5.73 Å². The van der Waals surface area contributed by atoms with E-state index in [0.717, 1.165) is 10.5 Å². The van der Waals surface area contributed by atoms with Crippen molar-refractivity contribution in [2.24, 2.45) is 5.73 Å². The molecular weight excluding hydrogens is 258 g/mol. The Bertz CT molecular complexity index is 527. The summed E-state index contributed by atoms with van der Waals surface area (Å²) in [6.45, 7) is 3.66. The Morgan fingerprint density at radius 2 is 2.18 bits per heavy atom. The van der Waals surface area contributed by atoms with Crippen molar-refractivity contribution in [2.75, 3.05) is 0 Å². The van der Waals surface area contributed by atoms with Crippen LogP contribution in [0.15, 0.2) is 32.7 Å². The standard InChI is InChI=1S/C11H12ClN3OS/c1-6(13)8-3-4-10(9(12)5-8)17-11-15-14-7(2)16-11/h3-6H,13H2,1-2H3/t6-/m0/s1. The molecule has 0 unspecified atom stereocenters. The maximum atomic E-state index is 6.16. The number of aromatic nitrogens is 2. The molecule has 4 nitrogen and oxygen atoms in total. The van der Waals surface area contributed by atoms with Gasteiger partial charge in [-0.25, -0.2) is 0 Å². The largest absolute Gasteiger partial charge is 0.416 e. The molecule has 0 saturated heterocycles. The zero-order valence-corrected chi connectivity index (χ0v) is 11.0. The van der Waals surface area contributed by atoms with Crippen molar-refractivity contribution < 1.29 is 4.42 Å². The third-order valence-electron chi connectivity index (χ3n) is 2.19. The van der Waals surface area contributed by atoms with Crippen molar-refractivity contribution in [3.63, 3.8) is 0 Å². The summed E-state index contributed by atoms with van der Waals surface area (Å²) in [7, 11) is 0. The van der Waals surface area contributed by atoms with Crippen LogP contribution in [0.1, 0.15) is 24.4 Å². The van der Waals surface area contributed by atoms with Crippen molar-refractivity contribution in [3.05, 3.63) is 34.7 Å². The lowest BCUT2D eigenvalue weighted by Crippen LogP contribution is -2.04. The third-order valence-corrected chi connectivity index (χ3v) is 3.53. The van der Waals surface area contributed by atoms with Gasteiger partial charge in [-0.2, -0.15) is 0 Å². The summed E-state index contributed by atoms with van der Waals surface area (Å²) in [6.07, 6.45) is 0. The van der Waals surface area contributed by atoms with Gasteiger partial charge >= 0.3 is 0 Å². The van der Waals surface area contributed by atoms with Crippen molar-refractivity contribution >= 4 is 23.4 Å². The lowest BCUT2D eigenvalue weighted by Gasteiger charge is -2.07. The minimum atomic E-state index is -0.0304. The van der Waals surface area contributed by atoms with E-state index < -0.39 is 0 Å². The number of aryl methyl sites for hydroxylation is 1. The maximum Gasteiger partial charge on any atom is 0.281 e. The predicted octanol–water partition coefficient (Wildman–Crippen LogP) is 3.20. The highest BCUT2D eigenvalue weighted by Gasteiger charge is 2.10. The van der Waals surface area contributed by atoms with Crippen LogP contribution in [0.25, 0.3) is 0 Å². The molecule has 0 aliphatic heterocycles. The van der Waals surface area contributed by atoms with E-state index in [1.54, 1.807) is 6.92 Å². The quantitative estimate of drug-likeness (QED) is 0.927. The maximum absolute atomic E-state index is 6.16. The fourth-order valence-corrected chi connectivity index (χ4v) is 2.33. The van der Waals surface area contributed by atoms with Gasteiger partial charge in [0.05, 0.1) is 5.02 Å². The first-order chi connectivity index (χ1) is 8.06. The lowest BCUT2D eigenvalue weighted by atomic mass is 10.1. The molecule has 0 saturated carbocycles. The van der Waals surface area contributed by atoms with E-state index in [4.69, 9.17) is 21.8 Å². The summed E-state index contributed by atoms with van der Waals surface area (Å²) in [6, 6.07) is 5.68. The minimum absolute atomic E-state index is 0.0304. The molecule has 2 rings (SSSR count). The summed E-state index contributed by atoms with van der Waals surface area (Å²) in [5.41, 5.74) is 6.78. The Labute approximate surface area is 109 Å². The summed E-state index contributed by atoms with van der Waals surface area (Å²) >= 11 is 7.51. The molecule has 2 aromatic rings. The average Bonchev–Trinajstić information content (AvgIpc) is 2.67. The fraction of sp³-hybridized carbons (Fsp3) is 0.273. The third kappa shape index (κ3) is 3.00. The Morgan fingerprint density at radius 1 is 1.41 bits per heavy atom. The molecule has 17 heavy (non-hydrogen) atoms. The molecule has 0 radical (unpaired) electrons. The highest BCUT2D eigenvalue weighted by Crippen LogP contribution is 2.33. The zero-order chi connectivity index (χ0) is 12.4. The number of benzene rings is 1. The molecule has 0 aliphatic carbocycles. The fourth-order valence-electron chi connectivity index (χ4n) is 1.30. The van der Waals surface area contributed by atoms with Crippen LogP contribution in [-0.2, 0) is 0 Å². The van der Waals surface area contributed by atoms with E-state index in [9.17, 15) is 0 Å². The normalized spacial score (nSPS) is 12.7. The second kappa shape index (κ2) is 5.08.